The van der Waals surface area contributed by atoms with Crippen LogP contribution in [0.25, 0.3) is 0 Å². The lowest BCUT2D eigenvalue weighted by Crippen LogP contribution is -2.40. The maximum atomic E-state index is 12.5. The molecule has 0 atom stereocenters. The Bertz CT molecular complexity index is 639. The highest BCUT2D eigenvalue weighted by Crippen LogP contribution is 2.17. The minimum atomic E-state index is -3.49. The highest BCUT2D eigenvalue weighted by Gasteiger charge is 2.26. The number of hydroxylamine groups is 1. The second-order valence-electron chi connectivity index (χ2n) is 6.21. The third-order valence-corrected chi connectivity index (χ3v) is 5.33. The van der Waals surface area contributed by atoms with Gasteiger partial charge >= 0.3 is 0 Å². The summed E-state index contributed by atoms with van der Waals surface area (Å²) in [5, 5.41) is 11.9. The summed E-state index contributed by atoms with van der Waals surface area (Å²) in [5.74, 6) is 0. The number of hydrogen-bond acceptors (Lipinski definition) is 4. The van der Waals surface area contributed by atoms with Gasteiger partial charge in [-0.25, -0.2) is 13.2 Å². The van der Waals surface area contributed by atoms with Crippen molar-refractivity contribution in [2.45, 2.75) is 31.2 Å². The van der Waals surface area contributed by atoms with Crippen LogP contribution in [-0.4, -0.2) is 55.5 Å². The van der Waals surface area contributed by atoms with E-state index in [9.17, 15) is 13.6 Å². The van der Waals surface area contributed by atoms with E-state index in [1.807, 2.05) is 20.8 Å². The van der Waals surface area contributed by atoms with Crippen molar-refractivity contribution in [2.75, 3.05) is 26.3 Å². The Morgan fingerprint density at radius 1 is 1.18 bits per heavy atom. The van der Waals surface area contributed by atoms with E-state index in [1.165, 1.54) is 22.7 Å². The average Bonchev–Trinajstić information content (AvgIpc) is 2.48. The topological polar surface area (TPSA) is 72.7 Å². The van der Waals surface area contributed by atoms with Crippen LogP contribution in [0.2, 0.25) is 0 Å². The van der Waals surface area contributed by atoms with Crippen molar-refractivity contribution in [1.82, 2.24) is 4.31 Å². The maximum Gasteiger partial charge on any atom is 0.243 e. The fourth-order valence-electron chi connectivity index (χ4n) is 1.99. The summed E-state index contributed by atoms with van der Waals surface area (Å²) in [6, 6.07) is 6.36. The number of benzene rings is 1. The van der Waals surface area contributed by atoms with Crippen LogP contribution >= 0.6 is 0 Å². The first-order chi connectivity index (χ1) is 10.2. The maximum absolute atomic E-state index is 12.5. The van der Waals surface area contributed by atoms with Crippen LogP contribution in [-0.2, 0) is 14.8 Å². The molecule has 1 saturated heterocycles. The molecule has 1 aliphatic rings. The Morgan fingerprint density at radius 2 is 1.73 bits per heavy atom. The number of morpholine rings is 1. The first-order valence-corrected chi connectivity index (χ1v) is 8.64. The molecule has 122 valence electrons. The Labute approximate surface area is 131 Å². The molecule has 0 aromatic heterocycles. The summed E-state index contributed by atoms with van der Waals surface area (Å²) in [6.45, 7) is 7.02. The van der Waals surface area contributed by atoms with Crippen LogP contribution in [0.3, 0.4) is 0 Å². The van der Waals surface area contributed by atoms with E-state index in [4.69, 9.17) is 4.74 Å². The zero-order valence-electron chi connectivity index (χ0n) is 13.2. The second-order valence-corrected chi connectivity index (χ2v) is 8.15. The van der Waals surface area contributed by atoms with Crippen LogP contribution in [0.15, 0.2) is 29.2 Å². The van der Waals surface area contributed by atoms with E-state index in [2.05, 4.69) is 0 Å². The van der Waals surface area contributed by atoms with Gasteiger partial charge in [0.2, 0.25) is 10.0 Å². The Hall–Kier alpha value is -1.44. The van der Waals surface area contributed by atoms with Crippen LogP contribution in [0.4, 0.5) is 0 Å². The number of hydrogen-bond donors (Lipinski definition) is 0. The van der Waals surface area contributed by atoms with Crippen molar-refractivity contribution in [3.63, 3.8) is 0 Å². The summed E-state index contributed by atoms with van der Waals surface area (Å²) in [5.41, 5.74) is 0.143. The SMILES string of the molecule is CC(C)(C)[N+]([O-])=Cc1ccc(S(=O)(=O)N2CCOCC2)cc1. The van der Waals surface area contributed by atoms with Gasteiger partial charge in [-0.05, 0) is 24.3 Å². The van der Waals surface area contributed by atoms with Crippen molar-refractivity contribution in [3.05, 3.63) is 35.0 Å². The summed E-state index contributed by atoms with van der Waals surface area (Å²) < 4.78 is 32.4. The van der Waals surface area contributed by atoms with Gasteiger partial charge in [-0.2, -0.15) is 4.31 Å². The van der Waals surface area contributed by atoms with E-state index < -0.39 is 15.6 Å². The summed E-state index contributed by atoms with van der Waals surface area (Å²) in [6.07, 6.45) is 1.46. The summed E-state index contributed by atoms with van der Waals surface area (Å²) in [4.78, 5) is 0.236. The first kappa shape index (κ1) is 16.9. The highest BCUT2D eigenvalue weighted by atomic mass is 32.2. The number of ether oxygens (including phenoxy) is 1. The lowest BCUT2D eigenvalue weighted by Gasteiger charge is -2.26. The molecule has 0 amide bonds. The minimum absolute atomic E-state index is 0.236. The summed E-state index contributed by atoms with van der Waals surface area (Å²) >= 11 is 0. The normalized spacial score (nSPS) is 18.4. The zero-order valence-corrected chi connectivity index (χ0v) is 14.0. The molecule has 1 fully saturated rings. The molecule has 6 nitrogen and oxygen atoms in total. The number of sulfonamides is 1. The molecule has 0 unspecified atom stereocenters. The highest BCUT2D eigenvalue weighted by molar-refractivity contribution is 7.89. The molecule has 0 bridgehead atoms. The van der Waals surface area contributed by atoms with Gasteiger partial charge in [-0.15, -0.1) is 0 Å². The van der Waals surface area contributed by atoms with E-state index in [0.29, 0.717) is 31.9 Å². The lowest BCUT2D eigenvalue weighted by molar-refractivity contribution is -0.530. The third-order valence-electron chi connectivity index (χ3n) is 3.42. The van der Waals surface area contributed by atoms with E-state index >= 15 is 0 Å². The first-order valence-electron chi connectivity index (χ1n) is 7.20. The molecule has 1 aromatic rings. The predicted octanol–water partition coefficient (Wildman–Crippen LogP) is 1.44. The van der Waals surface area contributed by atoms with Gasteiger partial charge in [0.05, 0.1) is 18.1 Å². The lowest BCUT2D eigenvalue weighted by atomic mass is 10.1. The standard InChI is InChI=1S/C15H22N2O4S/c1-15(2,3)17(18)12-13-4-6-14(7-5-13)22(19,20)16-8-10-21-11-9-16/h4-7,12H,8-11H2,1-3H3. The molecule has 0 saturated carbocycles. The summed E-state index contributed by atoms with van der Waals surface area (Å²) in [7, 11) is -3.49. The second kappa shape index (κ2) is 6.36. The largest absolute Gasteiger partial charge is 0.623 e. The Balaban J connectivity index is 2.21. The van der Waals surface area contributed by atoms with Gasteiger partial charge in [0.1, 0.15) is 0 Å². The molecule has 7 heteroatoms. The molecule has 0 aliphatic carbocycles. The molecule has 1 heterocycles. The van der Waals surface area contributed by atoms with Crippen LogP contribution in [0.5, 0.6) is 0 Å². The van der Waals surface area contributed by atoms with Crippen molar-refractivity contribution >= 4 is 16.2 Å². The Morgan fingerprint density at radius 3 is 2.23 bits per heavy atom. The Kier molecular flexibility index (Phi) is 4.89. The van der Waals surface area contributed by atoms with Gasteiger partial charge in [-0.1, -0.05) is 0 Å². The molecule has 1 aromatic carbocycles. The molecule has 1 aliphatic heterocycles. The molecule has 22 heavy (non-hydrogen) atoms. The van der Waals surface area contributed by atoms with Gasteiger partial charge in [0, 0.05) is 39.4 Å². The van der Waals surface area contributed by atoms with E-state index in [1.54, 1.807) is 12.1 Å². The average molecular weight is 326 g/mol. The third kappa shape index (κ3) is 3.85. The fourth-order valence-corrected chi connectivity index (χ4v) is 3.40. The van der Waals surface area contributed by atoms with Gasteiger partial charge in [0.25, 0.3) is 0 Å². The minimum Gasteiger partial charge on any atom is -0.623 e. The molecule has 0 spiro atoms. The predicted molar refractivity (Wildman–Crippen MR) is 84.6 cm³/mol. The van der Waals surface area contributed by atoms with Gasteiger partial charge in [0.15, 0.2) is 11.8 Å². The van der Waals surface area contributed by atoms with Gasteiger partial charge in [-0.3, -0.25) is 0 Å². The quantitative estimate of drug-likeness (QED) is 0.365. The number of rotatable bonds is 3. The molecule has 0 radical (unpaired) electrons. The van der Waals surface area contributed by atoms with Crippen molar-refractivity contribution in [3.8, 4) is 0 Å². The monoisotopic (exact) mass is 326 g/mol. The van der Waals surface area contributed by atoms with Crippen LogP contribution in [0, 0.1) is 5.21 Å². The van der Waals surface area contributed by atoms with E-state index in [0.717, 1.165) is 4.74 Å². The zero-order chi connectivity index (χ0) is 16.4. The molecule has 0 N–H and O–H groups in total. The molecule has 2 rings (SSSR count). The van der Waals surface area contributed by atoms with Crippen LogP contribution in [0.1, 0.15) is 26.3 Å². The number of nitrogens with zero attached hydrogens (tertiary/aromatic N) is 2. The van der Waals surface area contributed by atoms with E-state index in [-0.39, 0.29) is 4.90 Å². The van der Waals surface area contributed by atoms with Crippen molar-refractivity contribution in [1.29, 1.82) is 0 Å². The molecular weight excluding hydrogens is 304 g/mol. The fraction of sp³-hybridized carbons (Fsp3) is 0.533. The van der Waals surface area contributed by atoms with Crippen molar-refractivity contribution < 1.29 is 17.9 Å². The van der Waals surface area contributed by atoms with Crippen LogP contribution < -0.4 is 0 Å². The van der Waals surface area contributed by atoms with Gasteiger partial charge < -0.3 is 9.94 Å². The smallest absolute Gasteiger partial charge is 0.243 e. The molecular formula is C15H22N2O4S. The van der Waals surface area contributed by atoms with Crippen molar-refractivity contribution in [2.24, 2.45) is 0 Å².